The van der Waals surface area contributed by atoms with Crippen LogP contribution in [-0.2, 0) is 4.79 Å². The molecule has 0 radical (unpaired) electrons. The fourth-order valence-electron chi connectivity index (χ4n) is 3.28. The number of aromatic nitrogens is 3. The lowest BCUT2D eigenvalue weighted by molar-refractivity contribution is -0.384. The van der Waals surface area contributed by atoms with Crippen molar-refractivity contribution in [3.63, 3.8) is 0 Å². The summed E-state index contributed by atoms with van der Waals surface area (Å²) in [5.41, 5.74) is 7.87. The number of nitrogens with zero attached hydrogens (tertiary/aromatic N) is 4. The fraction of sp³-hybridized carbons (Fsp3) is 0.0800. The minimum atomic E-state index is -0.484. The van der Waals surface area contributed by atoms with E-state index in [1.165, 1.54) is 23.9 Å². The van der Waals surface area contributed by atoms with Gasteiger partial charge in [0.1, 0.15) is 5.75 Å². The van der Waals surface area contributed by atoms with Gasteiger partial charge in [-0.3, -0.25) is 30.3 Å². The number of carbonyl (C=O) groups is 1. The van der Waals surface area contributed by atoms with Gasteiger partial charge in [-0.2, -0.15) is 0 Å². The second kappa shape index (κ2) is 11.6. The van der Waals surface area contributed by atoms with Gasteiger partial charge in [0.05, 0.1) is 23.5 Å². The molecule has 0 atom stereocenters. The van der Waals surface area contributed by atoms with Crippen LogP contribution in [0.2, 0.25) is 5.02 Å². The van der Waals surface area contributed by atoms with Gasteiger partial charge >= 0.3 is 0 Å². The van der Waals surface area contributed by atoms with E-state index in [0.29, 0.717) is 27.3 Å². The maximum atomic E-state index is 12.5. The van der Waals surface area contributed by atoms with Crippen LogP contribution in [0.3, 0.4) is 0 Å². The maximum Gasteiger partial charge on any atom is 0.269 e. The van der Waals surface area contributed by atoms with E-state index in [9.17, 15) is 14.9 Å². The van der Waals surface area contributed by atoms with Crippen LogP contribution < -0.4 is 15.6 Å². The second-order valence-electron chi connectivity index (χ2n) is 7.59. The van der Waals surface area contributed by atoms with Crippen molar-refractivity contribution < 1.29 is 14.5 Å². The molecule has 0 fully saturated rings. The normalized spacial score (nSPS) is 10.5. The van der Waals surface area contributed by atoms with E-state index in [0.717, 1.165) is 17.0 Å². The molecule has 0 saturated carbocycles. The van der Waals surface area contributed by atoms with Crippen molar-refractivity contribution in [3.8, 4) is 22.8 Å². The Morgan fingerprint density at radius 1 is 1.05 bits per heavy atom. The number of hydrogen-bond donors (Lipinski definition) is 2. The first-order valence-corrected chi connectivity index (χ1v) is 12.2. The Morgan fingerprint density at radius 2 is 1.73 bits per heavy atom. The number of methoxy groups -OCH3 is 1. The lowest BCUT2D eigenvalue weighted by atomic mass is 10.1. The molecule has 0 aliphatic rings. The van der Waals surface area contributed by atoms with Crippen LogP contribution in [0.1, 0.15) is 5.56 Å². The monoisotopic (exact) mass is 536 g/mol. The smallest absolute Gasteiger partial charge is 0.269 e. The Morgan fingerprint density at radius 3 is 2.35 bits per heavy atom. The average Bonchev–Trinajstić information content (AvgIpc) is 3.35. The van der Waals surface area contributed by atoms with Crippen molar-refractivity contribution in [2.24, 2.45) is 0 Å². The zero-order chi connectivity index (χ0) is 26.4. The van der Waals surface area contributed by atoms with E-state index in [1.807, 2.05) is 41.0 Å². The molecule has 0 spiro atoms. The molecule has 1 heterocycles. The first-order chi connectivity index (χ1) is 17.9. The van der Waals surface area contributed by atoms with Crippen molar-refractivity contribution in [2.75, 3.05) is 12.9 Å². The number of non-ortho nitro benzene ring substituents is 1. The van der Waals surface area contributed by atoms with Gasteiger partial charge in [-0.15, -0.1) is 10.2 Å². The zero-order valence-corrected chi connectivity index (χ0v) is 21.1. The van der Waals surface area contributed by atoms with Crippen molar-refractivity contribution >= 4 is 40.7 Å². The lowest BCUT2D eigenvalue weighted by Crippen LogP contribution is -2.37. The van der Waals surface area contributed by atoms with Gasteiger partial charge in [0.25, 0.3) is 5.69 Å². The van der Waals surface area contributed by atoms with Crippen LogP contribution in [0.5, 0.6) is 5.75 Å². The molecule has 3 aromatic carbocycles. The first kappa shape index (κ1) is 25.7. The van der Waals surface area contributed by atoms with E-state index in [-0.39, 0.29) is 17.3 Å². The number of halogens is 1. The summed E-state index contributed by atoms with van der Waals surface area (Å²) in [6.45, 7) is 3.85. The highest BCUT2D eigenvalue weighted by molar-refractivity contribution is 7.99. The summed E-state index contributed by atoms with van der Waals surface area (Å²) >= 11 is 7.28. The Hall–Kier alpha value is -4.35. The number of hydrogen-bond acceptors (Lipinski definition) is 8. The van der Waals surface area contributed by atoms with Gasteiger partial charge in [-0.1, -0.05) is 29.9 Å². The third-order valence-electron chi connectivity index (χ3n) is 5.18. The summed E-state index contributed by atoms with van der Waals surface area (Å²) in [6, 6.07) is 20.5. The third-order valence-corrected chi connectivity index (χ3v) is 6.36. The molecule has 0 saturated heterocycles. The van der Waals surface area contributed by atoms with Crippen LogP contribution in [0.4, 0.5) is 5.69 Å². The van der Waals surface area contributed by atoms with Crippen molar-refractivity contribution in [1.29, 1.82) is 0 Å². The molecule has 12 heteroatoms. The van der Waals surface area contributed by atoms with Crippen molar-refractivity contribution in [2.45, 2.75) is 5.16 Å². The van der Waals surface area contributed by atoms with E-state index >= 15 is 0 Å². The minimum absolute atomic E-state index is 0.0317. The number of rotatable bonds is 10. The van der Waals surface area contributed by atoms with E-state index in [1.54, 1.807) is 31.4 Å². The van der Waals surface area contributed by atoms with Gasteiger partial charge < -0.3 is 4.74 Å². The number of hydrazine groups is 1. The second-order valence-corrected chi connectivity index (χ2v) is 8.97. The number of ether oxygens (including phenoxy) is 1. The molecule has 0 aliphatic heterocycles. The topological polar surface area (TPSA) is 124 Å². The van der Waals surface area contributed by atoms with Gasteiger partial charge in [0, 0.05) is 28.4 Å². The Labute approximate surface area is 221 Å². The summed E-state index contributed by atoms with van der Waals surface area (Å²) in [7, 11) is 1.60. The van der Waals surface area contributed by atoms with Gasteiger partial charge in [0.2, 0.25) is 5.91 Å². The molecule has 4 aromatic rings. The molecule has 188 valence electrons. The molecule has 1 aromatic heterocycles. The van der Waals surface area contributed by atoms with E-state index in [2.05, 4.69) is 27.6 Å². The molecule has 0 unspecified atom stereocenters. The predicted octanol–water partition coefficient (Wildman–Crippen LogP) is 4.89. The fourth-order valence-corrected chi connectivity index (χ4v) is 4.16. The average molecular weight is 537 g/mol. The van der Waals surface area contributed by atoms with Gasteiger partial charge in [0.15, 0.2) is 11.0 Å². The summed E-state index contributed by atoms with van der Waals surface area (Å²) in [5.74, 6) is 1.02. The SMILES string of the molecule is C=C(NNC(=O)CSc1nnc(-c2ccc(OC)cc2)n1-c1ccc(Cl)cc1)c1ccc([N+](=O)[O-])cc1. The molecule has 0 bridgehead atoms. The van der Waals surface area contributed by atoms with E-state index in [4.69, 9.17) is 16.3 Å². The highest BCUT2D eigenvalue weighted by Crippen LogP contribution is 2.29. The molecular weight excluding hydrogens is 516 g/mol. The number of nitro groups is 1. The van der Waals surface area contributed by atoms with Crippen molar-refractivity contribution in [3.05, 3.63) is 100 Å². The number of thioether (sulfide) groups is 1. The van der Waals surface area contributed by atoms with Crippen LogP contribution in [0, 0.1) is 10.1 Å². The Kier molecular flexibility index (Phi) is 8.06. The third kappa shape index (κ3) is 6.26. The molecule has 0 aliphatic carbocycles. The molecular formula is C25H21ClN6O4S. The van der Waals surface area contributed by atoms with Crippen molar-refractivity contribution in [1.82, 2.24) is 25.6 Å². The number of carbonyl (C=O) groups excluding carboxylic acids is 1. The molecule has 1 amide bonds. The number of nitrogens with one attached hydrogen (secondary N) is 2. The summed E-state index contributed by atoms with van der Waals surface area (Å²) in [5, 5.41) is 20.6. The highest BCUT2D eigenvalue weighted by atomic mass is 35.5. The summed E-state index contributed by atoms with van der Waals surface area (Å²) in [4.78, 5) is 22.8. The van der Waals surface area contributed by atoms with Crippen LogP contribution in [-0.4, -0.2) is 38.5 Å². The summed E-state index contributed by atoms with van der Waals surface area (Å²) < 4.78 is 7.09. The maximum absolute atomic E-state index is 12.5. The number of nitro benzene ring substituents is 1. The molecule has 4 rings (SSSR count). The standard InChI is InChI=1S/C25H21ClN6O4S/c1-16(17-3-9-21(10-4-17)32(34)35)27-28-23(33)15-37-25-30-29-24(18-5-13-22(36-2)14-6-18)31(25)20-11-7-19(26)8-12-20/h3-14,27H,1,15H2,2H3,(H,28,33). The van der Waals surface area contributed by atoms with Crippen LogP contribution in [0.15, 0.2) is 84.5 Å². The largest absolute Gasteiger partial charge is 0.497 e. The summed E-state index contributed by atoms with van der Waals surface area (Å²) in [6.07, 6.45) is 0. The van der Waals surface area contributed by atoms with E-state index < -0.39 is 4.92 Å². The van der Waals surface area contributed by atoms with Gasteiger partial charge in [-0.05, 0) is 66.2 Å². The molecule has 37 heavy (non-hydrogen) atoms. The quantitative estimate of drug-likeness (QED) is 0.167. The Balaban J connectivity index is 1.46. The highest BCUT2D eigenvalue weighted by Gasteiger charge is 2.18. The van der Waals surface area contributed by atoms with Crippen LogP contribution >= 0.6 is 23.4 Å². The predicted molar refractivity (Wildman–Crippen MR) is 142 cm³/mol. The lowest BCUT2D eigenvalue weighted by Gasteiger charge is -2.12. The molecule has 10 nitrogen and oxygen atoms in total. The number of benzene rings is 3. The van der Waals surface area contributed by atoms with Gasteiger partial charge in [-0.25, -0.2) is 0 Å². The molecule has 2 N–H and O–H groups in total. The first-order valence-electron chi connectivity index (χ1n) is 10.8. The minimum Gasteiger partial charge on any atom is -0.497 e. The zero-order valence-electron chi connectivity index (χ0n) is 19.6. The number of amides is 1. The Bertz CT molecular complexity index is 1420. The van der Waals surface area contributed by atoms with Crippen LogP contribution in [0.25, 0.3) is 22.8 Å².